The van der Waals surface area contributed by atoms with Crippen LogP contribution in [0.4, 0.5) is 0 Å². The first kappa shape index (κ1) is 16.4. The molecule has 0 saturated heterocycles. The first-order valence-corrected chi connectivity index (χ1v) is 8.18. The molecule has 1 unspecified atom stereocenters. The predicted molar refractivity (Wildman–Crippen MR) is 76.7 cm³/mol. The van der Waals surface area contributed by atoms with Gasteiger partial charge in [0.15, 0.2) is 0 Å². The van der Waals surface area contributed by atoms with Crippen LogP contribution in [-0.4, -0.2) is 19.6 Å². The monoisotopic (exact) mass is 305 g/mol. The van der Waals surface area contributed by atoms with Crippen molar-refractivity contribution in [3.05, 3.63) is 28.8 Å². The number of aliphatic hydroxyl groups excluding tert-OH is 1. The van der Waals surface area contributed by atoms with E-state index in [1.54, 1.807) is 6.07 Å². The van der Waals surface area contributed by atoms with Crippen LogP contribution in [0, 0.1) is 0 Å². The van der Waals surface area contributed by atoms with E-state index in [9.17, 15) is 8.42 Å². The topological polar surface area (TPSA) is 66.4 Å². The summed E-state index contributed by atoms with van der Waals surface area (Å²) in [5.74, 6) is 0. The first-order chi connectivity index (χ1) is 8.90. The maximum absolute atomic E-state index is 12.2. The highest BCUT2D eigenvalue weighted by Crippen LogP contribution is 2.23. The molecular weight excluding hydrogens is 286 g/mol. The molecule has 4 nitrogen and oxygen atoms in total. The number of halogens is 1. The summed E-state index contributed by atoms with van der Waals surface area (Å²) in [4.78, 5) is 0.0177. The van der Waals surface area contributed by atoms with Gasteiger partial charge in [-0.25, -0.2) is 13.1 Å². The van der Waals surface area contributed by atoms with E-state index < -0.39 is 10.0 Å². The van der Waals surface area contributed by atoms with Crippen molar-refractivity contribution in [2.45, 2.75) is 50.7 Å². The lowest BCUT2D eigenvalue weighted by Gasteiger charge is -2.15. The quantitative estimate of drug-likeness (QED) is 0.814. The Kier molecular flexibility index (Phi) is 6.26. The van der Waals surface area contributed by atoms with Gasteiger partial charge in [0.25, 0.3) is 0 Å². The van der Waals surface area contributed by atoms with Crippen molar-refractivity contribution in [2.24, 2.45) is 0 Å². The summed E-state index contributed by atoms with van der Waals surface area (Å²) >= 11 is 5.92. The fourth-order valence-electron chi connectivity index (χ4n) is 1.75. The maximum atomic E-state index is 12.2. The molecule has 108 valence electrons. The minimum absolute atomic E-state index is 0.0177. The summed E-state index contributed by atoms with van der Waals surface area (Å²) < 4.78 is 27.0. The average molecular weight is 306 g/mol. The molecule has 2 N–H and O–H groups in total. The van der Waals surface area contributed by atoms with E-state index in [-0.39, 0.29) is 22.6 Å². The average Bonchev–Trinajstić information content (AvgIpc) is 2.36. The minimum atomic E-state index is -3.65. The van der Waals surface area contributed by atoms with Crippen molar-refractivity contribution in [2.75, 3.05) is 0 Å². The zero-order valence-electron chi connectivity index (χ0n) is 11.2. The van der Waals surface area contributed by atoms with E-state index >= 15 is 0 Å². The standard InChI is InChI=1S/C13H20ClNO3S/c1-3-4-5-10(2)15-19(17,18)13-8-11(9-16)6-7-12(13)14/h6-8,10,15-16H,3-5,9H2,1-2H3. The smallest absolute Gasteiger partial charge is 0.242 e. The summed E-state index contributed by atoms with van der Waals surface area (Å²) in [6.07, 6.45) is 2.77. The summed E-state index contributed by atoms with van der Waals surface area (Å²) in [5, 5.41) is 9.22. The molecule has 0 bridgehead atoms. The lowest BCUT2D eigenvalue weighted by molar-refractivity contribution is 0.281. The van der Waals surface area contributed by atoms with E-state index in [2.05, 4.69) is 11.6 Å². The summed E-state index contributed by atoms with van der Waals surface area (Å²) in [6, 6.07) is 4.34. The molecule has 0 aliphatic carbocycles. The molecule has 0 aliphatic rings. The molecule has 0 aliphatic heterocycles. The third kappa shape index (κ3) is 4.76. The van der Waals surface area contributed by atoms with Gasteiger partial charge in [0.1, 0.15) is 4.90 Å². The molecule has 0 radical (unpaired) electrons. The zero-order chi connectivity index (χ0) is 14.5. The Labute approximate surface area is 119 Å². The van der Waals surface area contributed by atoms with E-state index in [1.165, 1.54) is 12.1 Å². The third-order valence-electron chi connectivity index (χ3n) is 2.81. The van der Waals surface area contributed by atoms with Gasteiger partial charge in [0.2, 0.25) is 10.0 Å². The largest absolute Gasteiger partial charge is 0.392 e. The Balaban J connectivity index is 2.93. The number of benzene rings is 1. The Morgan fingerprint density at radius 2 is 2.11 bits per heavy atom. The molecule has 1 aromatic rings. The molecule has 0 saturated carbocycles. The normalized spacial score (nSPS) is 13.5. The molecule has 0 heterocycles. The molecule has 1 rings (SSSR count). The number of rotatable bonds is 7. The van der Waals surface area contributed by atoms with Crippen LogP contribution < -0.4 is 4.72 Å². The van der Waals surface area contributed by atoms with Crippen LogP contribution in [-0.2, 0) is 16.6 Å². The van der Waals surface area contributed by atoms with Crippen LogP contribution >= 0.6 is 11.6 Å². The van der Waals surface area contributed by atoms with Gasteiger partial charge in [0, 0.05) is 6.04 Å². The van der Waals surface area contributed by atoms with Crippen molar-refractivity contribution in [3.63, 3.8) is 0 Å². The van der Waals surface area contributed by atoms with E-state index in [0.717, 1.165) is 19.3 Å². The van der Waals surface area contributed by atoms with Crippen LogP contribution in [0.25, 0.3) is 0 Å². The summed E-state index contributed by atoms with van der Waals surface area (Å²) in [6.45, 7) is 3.67. The van der Waals surface area contributed by atoms with Crippen LogP contribution in [0.3, 0.4) is 0 Å². The molecule has 0 amide bonds. The number of aliphatic hydroxyl groups is 1. The van der Waals surface area contributed by atoms with Gasteiger partial charge in [-0.15, -0.1) is 0 Å². The van der Waals surface area contributed by atoms with E-state index in [1.807, 2.05) is 6.92 Å². The van der Waals surface area contributed by atoms with E-state index in [0.29, 0.717) is 5.56 Å². The minimum Gasteiger partial charge on any atom is -0.392 e. The number of unbranched alkanes of at least 4 members (excludes halogenated alkanes) is 1. The Morgan fingerprint density at radius 3 is 2.68 bits per heavy atom. The molecule has 19 heavy (non-hydrogen) atoms. The molecular formula is C13H20ClNO3S. The highest BCUT2D eigenvalue weighted by molar-refractivity contribution is 7.89. The second-order valence-electron chi connectivity index (χ2n) is 4.59. The van der Waals surface area contributed by atoms with Gasteiger partial charge >= 0.3 is 0 Å². The van der Waals surface area contributed by atoms with Gasteiger partial charge in [0.05, 0.1) is 11.6 Å². The van der Waals surface area contributed by atoms with Crippen molar-refractivity contribution in [3.8, 4) is 0 Å². The van der Waals surface area contributed by atoms with Gasteiger partial charge in [-0.1, -0.05) is 37.4 Å². The maximum Gasteiger partial charge on any atom is 0.242 e. The Hall–Kier alpha value is -0.620. The summed E-state index contributed by atoms with van der Waals surface area (Å²) in [5.41, 5.74) is 0.519. The Bertz CT molecular complexity index is 517. The molecule has 6 heteroatoms. The first-order valence-electron chi connectivity index (χ1n) is 6.32. The van der Waals surface area contributed by atoms with Crippen molar-refractivity contribution >= 4 is 21.6 Å². The molecule has 0 spiro atoms. The summed E-state index contributed by atoms with van der Waals surface area (Å²) in [7, 11) is -3.65. The van der Waals surface area contributed by atoms with Crippen molar-refractivity contribution < 1.29 is 13.5 Å². The second kappa shape index (κ2) is 7.24. The van der Waals surface area contributed by atoms with Crippen LogP contribution in [0.15, 0.2) is 23.1 Å². The van der Waals surface area contributed by atoms with Crippen molar-refractivity contribution in [1.29, 1.82) is 0 Å². The van der Waals surface area contributed by atoms with Crippen LogP contribution in [0.5, 0.6) is 0 Å². The second-order valence-corrected chi connectivity index (χ2v) is 6.68. The van der Waals surface area contributed by atoms with Gasteiger partial charge in [-0.3, -0.25) is 0 Å². The lowest BCUT2D eigenvalue weighted by Crippen LogP contribution is -2.32. The number of sulfonamides is 1. The van der Waals surface area contributed by atoms with Crippen LogP contribution in [0.2, 0.25) is 5.02 Å². The highest BCUT2D eigenvalue weighted by Gasteiger charge is 2.20. The molecule has 1 atom stereocenters. The highest BCUT2D eigenvalue weighted by atomic mass is 35.5. The number of hydrogen-bond donors (Lipinski definition) is 2. The fourth-order valence-corrected chi connectivity index (χ4v) is 3.58. The zero-order valence-corrected chi connectivity index (χ0v) is 12.8. The molecule has 0 aromatic heterocycles. The van der Waals surface area contributed by atoms with E-state index in [4.69, 9.17) is 16.7 Å². The molecule has 1 aromatic carbocycles. The van der Waals surface area contributed by atoms with Gasteiger partial charge in [-0.2, -0.15) is 0 Å². The predicted octanol–water partition coefficient (Wildman–Crippen LogP) is 2.69. The Morgan fingerprint density at radius 1 is 1.42 bits per heavy atom. The SMILES string of the molecule is CCCCC(C)NS(=O)(=O)c1cc(CO)ccc1Cl. The number of hydrogen-bond acceptors (Lipinski definition) is 3. The van der Waals surface area contributed by atoms with Crippen LogP contribution in [0.1, 0.15) is 38.7 Å². The van der Waals surface area contributed by atoms with Gasteiger partial charge in [-0.05, 0) is 31.0 Å². The van der Waals surface area contributed by atoms with Crippen molar-refractivity contribution in [1.82, 2.24) is 4.72 Å². The lowest BCUT2D eigenvalue weighted by atomic mass is 10.2. The fraction of sp³-hybridized carbons (Fsp3) is 0.538. The van der Waals surface area contributed by atoms with Gasteiger partial charge < -0.3 is 5.11 Å². The molecule has 0 fully saturated rings. The number of nitrogens with one attached hydrogen (secondary N) is 1. The third-order valence-corrected chi connectivity index (χ3v) is 4.89.